The first-order chi connectivity index (χ1) is 36.0. The Balaban J connectivity index is 1.40. The molecule has 0 amide bonds. The molecule has 0 N–H and O–H groups in total. The number of aryl methyl sites for hydroxylation is 2. The lowest BCUT2D eigenvalue weighted by molar-refractivity contribution is 0.570. The predicted molar refractivity (Wildman–Crippen MR) is 405 cm³/mol. The minimum atomic E-state index is -3.45. The van der Waals surface area contributed by atoms with Crippen molar-refractivity contribution in [3.8, 4) is 0 Å². The average molecular weight is 2240 g/mol. The van der Waals surface area contributed by atoms with Crippen LogP contribution in [0.4, 0.5) is 0 Å². The molecule has 0 bridgehead atoms. The Morgan fingerprint density at radius 2 is 0.519 bits per heavy atom. The van der Waals surface area contributed by atoms with E-state index in [1.165, 1.54) is 42.2 Å². The lowest BCUT2D eigenvalue weighted by Gasteiger charge is -2.47. The molecule has 1 nitrogen and oxygen atoms in total. The Kier molecular flexibility index (Phi) is 27.7. The van der Waals surface area contributed by atoms with Gasteiger partial charge < -0.3 is 4.12 Å². The van der Waals surface area contributed by atoms with Gasteiger partial charge in [-0.15, -0.1) is 0 Å². The van der Waals surface area contributed by atoms with E-state index >= 15 is 0 Å². The van der Waals surface area contributed by atoms with E-state index in [4.69, 9.17) is 4.12 Å². The highest BCUT2D eigenvalue weighted by Crippen LogP contribution is 2.70. The van der Waals surface area contributed by atoms with Crippen LogP contribution < -0.4 is 31.1 Å². The fraction of sp³-hybridized carbons (Fsp3) is 0.357. The highest BCUT2D eigenvalue weighted by atomic mass is 80.0. The number of rotatable bonds is 26. The van der Waals surface area contributed by atoms with Crippen LogP contribution in [0.1, 0.15) is 75.3 Å². The van der Waals surface area contributed by atoms with Gasteiger partial charge in [0.15, 0.2) is 4.29 Å². The second-order valence-corrected chi connectivity index (χ2v) is 60.5. The summed E-state index contributed by atoms with van der Waals surface area (Å²) in [6, 6.07) is 63.1. The zero-order chi connectivity index (χ0) is 56.6. The van der Waals surface area contributed by atoms with Crippen molar-refractivity contribution in [2.75, 3.05) is 0 Å². The van der Waals surface area contributed by atoms with Gasteiger partial charge >= 0.3 is 0 Å². The highest BCUT2D eigenvalue weighted by Gasteiger charge is 2.65. The van der Waals surface area contributed by atoms with Crippen LogP contribution in [0.3, 0.4) is 0 Å². The molecule has 0 fully saturated rings. The molecular weight excluding hydrogens is 2180 g/mol. The van der Waals surface area contributed by atoms with Gasteiger partial charge in [-0.1, -0.05) is 495 Å². The molecule has 6 aromatic carbocycles. The fourth-order valence-electron chi connectivity index (χ4n) is 9.55. The van der Waals surface area contributed by atoms with Gasteiger partial charge in [0.05, 0.1) is 0 Å². The highest BCUT2D eigenvalue weighted by molar-refractivity contribution is 9.43. The minimum absolute atomic E-state index is 0.520. The van der Waals surface area contributed by atoms with Crippen LogP contribution in [-0.4, -0.2) is 40.3 Å². The third-order valence-electron chi connectivity index (χ3n) is 13.6. The fourth-order valence-corrected chi connectivity index (χ4v) is 33.4. The van der Waals surface area contributed by atoms with Gasteiger partial charge in [-0.3, -0.25) is 0 Å². The molecule has 0 aromatic heterocycles. The predicted octanol–water partition coefficient (Wildman–Crippen LogP) is 21.9. The Morgan fingerprint density at radius 3 is 0.792 bits per heavy atom. The number of hydrogen-bond acceptors (Lipinski definition) is 1. The molecule has 0 aliphatic rings. The second-order valence-electron chi connectivity index (χ2n) is 18.8. The largest absolute Gasteiger partial charge is 0.435 e. The van der Waals surface area contributed by atoms with Crippen LogP contribution in [-0.2, 0) is 17.0 Å². The van der Waals surface area contributed by atoms with E-state index in [1.807, 2.05) is 0 Å². The minimum Gasteiger partial charge on any atom is -0.435 e. The van der Waals surface area contributed by atoms with Crippen molar-refractivity contribution in [1.82, 2.24) is 0 Å². The van der Waals surface area contributed by atoms with Crippen LogP contribution in [0.25, 0.3) is 0 Å². The normalized spacial score (nSPS) is 13.7. The first-order valence-corrected chi connectivity index (χ1v) is 42.6. The van der Waals surface area contributed by atoms with Gasteiger partial charge in [0.1, 0.15) is 19.4 Å². The van der Waals surface area contributed by atoms with Gasteiger partial charge in [0, 0.05) is 0 Å². The average Bonchev–Trinajstić information content (AvgIpc) is 3.48. The zero-order valence-electron chi connectivity index (χ0n) is 40.9. The Hall–Kier alpha value is 4.35. The molecule has 0 saturated carbocycles. The van der Waals surface area contributed by atoms with Crippen molar-refractivity contribution in [2.45, 2.75) is 101 Å². The van der Waals surface area contributed by atoms with Crippen molar-refractivity contribution in [3.05, 3.63) is 181 Å². The first-order valence-electron chi connectivity index (χ1n) is 24.5. The van der Waals surface area contributed by atoms with E-state index in [2.05, 4.69) is 457 Å². The molecule has 0 aliphatic heterocycles. The third-order valence-corrected chi connectivity index (χ3v) is 55.4. The van der Waals surface area contributed by atoms with Gasteiger partial charge in [-0.25, -0.2) is 0 Å². The lowest BCUT2D eigenvalue weighted by atomic mass is 10.0. The quantitative estimate of drug-likeness (QED) is 0.0228. The van der Waals surface area contributed by atoms with E-state index in [0.717, 1.165) is 77.0 Å². The standard InChI is InChI=1S/C56H52Br18OSi2/c57-49(58,51(61,62)53(65,66)55(69,70)71)39-23-3-1-9-25-41-27-19-21-37-47(41)76(43-29-11-5-12-30-43,44-31-13-6-14-32-44)75-77(45-33-15-7-16-34-45,46-35-17-8-18-36-46)48-38-22-20-28-42(48)26-10-2-4-24-40-50(59,60)52(63,64)54(67,68)56(72,73)74/h5-8,11-22,27-38H,1-4,9-10,23-26,39-40H2. The van der Waals surface area contributed by atoms with Crippen molar-refractivity contribution < 1.29 is 4.12 Å². The van der Waals surface area contributed by atoms with Crippen LogP contribution >= 0.6 is 287 Å². The summed E-state index contributed by atoms with van der Waals surface area (Å²) >= 11 is 69.8. The summed E-state index contributed by atoms with van der Waals surface area (Å²) in [7, 11) is -6.90. The number of halogens is 18. The molecule has 0 radical (unpaired) electrons. The molecule has 6 rings (SSSR count). The Bertz CT molecular complexity index is 2520. The molecule has 0 atom stereocenters. The maximum atomic E-state index is 8.96. The monoisotopic (exact) mass is 2220 g/mol. The number of unbranched alkanes of at least 4 members (excludes halogenated alkanes) is 6. The van der Waals surface area contributed by atoms with E-state index in [0.29, 0.717) is 0 Å². The van der Waals surface area contributed by atoms with E-state index < -0.39 is 40.3 Å². The summed E-state index contributed by atoms with van der Waals surface area (Å²) in [4.78, 5) is 0. The Labute approximate surface area is 610 Å². The number of hydrogen-bond donors (Lipinski definition) is 0. The van der Waals surface area contributed by atoms with E-state index in [1.54, 1.807) is 0 Å². The molecule has 6 aromatic rings. The van der Waals surface area contributed by atoms with Gasteiger partial charge in [-0.05, 0) is 80.8 Å². The molecule has 0 spiro atoms. The molecule has 0 aliphatic carbocycles. The summed E-state index contributed by atoms with van der Waals surface area (Å²) in [5.74, 6) is 0. The lowest BCUT2D eigenvalue weighted by Crippen LogP contribution is -2.81. The van der Waals surface area contributed by atoms with Crippen molar-refractivity contribution in [2.24, 2.45) is 0 Å². The van der Waals surface area contributed by atoms with Crippen LogP contribution in [0.2, 0.25) is 0 Å². The second kappa shape index (κ2) is 30.2. The molecule has 0 saturated heterocycles. The van der Waals surface area contributed by atoms with Gasteiger partial charge in [0.2, 0.25) is 0 Å². The molecule has 0 unspecified atom stereocenters. The van der Waals surface area contributed by atoms with Gasteiger partial charge in [-0.2, -0.15) is 0 Å². The molecule has 416 valence electrons. The van der Waals surface area contributed by atoms with Crippen molar-refractivity contribution in [1.29, 1.82) is 0 Å². The molecule has 77 heavy (non-hydrogen) atoms. The van der Waals surface area contributed by atoms with Crippen LogP contribution in [0, 0.1) is 0 Å². The molecule has 0 heterocycles. The molecule has 21 heteroatoms. The van der Waals surface area contributed by atoms with Crippen LogP contribution in [0.15, 0.2) is 170 Å². The maximum absolute atomic E-state index is 8.96. The first kappa shape index (κ1) is 70.4. The topological polar surface area (TPSA) is 9.23 Å². The summed E-state index contributed by atoms with van der Waals surface area (Å²) in [5.41, 5.74) is 2.67. The van der Waals surface area contributed by atoms with Crippen LogP contribution in [0.5, 0.6) is 0 Å². The summed E-state index contributed by atoms with van der Waals surface area (Å²) in [5, 5.41) is 7.50. The Morgan fingerprint density at radius 1 is 0.273 bits per heavy atom. The van der Waals surface area contributed by atoms with E-state index in [-0.39, 0.29) is 0 Å². The zero-order valence-corrected chi connectivity index (χ0v) is 71.4. The number of benzene rings is 6. The number of alkyl halides is 18. The van der Waals surface area contributed by atoms with E-state index in [9.17, 15) is 0 Å². The van der Waals surface area contributed by atoms with Crippen molar-refractivity contribution in [3.63, 3.8) is 0 Å². The third kappa shape index (κ3) is 16.2. The summed E-state index contributed by atoms with van der Waals surface area (Å²) in [6.07, 6.45) is 11.9. The molecular formula is C56H52Br18OSi2. The smallest absolute Gasteiger partial charge is 0.279 e. The SMILES string of the molecule is BrC(Br)(Br)C(Br)(Br)C(Br)(Br)C(Br)(Br)CCCCCCc1ccccc1[Si](O[Si](c1ccccc1)(c1ccccc1)c1ccccc1CCCCCCC(Br)(Br)C(Br)(Br)C(Br)(Br)C(Br)(Br)Br)(c1ccccc1)c1ccccc1. The summed E-state index contributed by atoms with van der Waals surface area (Å²) < 4.78 is 3.79. The van der Waals surface area contributed by atoms with Crippen molar-refractivity contribution >= 4 is 334 Å². The van der Waals surface area contributed by atoms with Gasteiger partial charge in [0.25, 0.3) is 16.6 Å². The maximum Gasteiger partial charge on any atom is 0.279 e. The summed E-state index contributed by atoms with van der Waals surface area (Å²) in [6.45, 7) is 0.